The standard InChI is InChI=1S/C23H30N4O2/c1-17-24-21-15-26(14-18-8-4-2-5-9-18)13-12-20(21)23(29)27(17)16-22(28)25-19-10-6-3-7-11-19/h2,4-5,8-9,19H,3,6-7,10-16H2,1H3,(H,25,28). The van der Waals surface area contributed by atoms with Crippen molar-refractivity contribution in [3.63, 3.8) is 0 Å². The van der Waals surface area contributed by atoms with Gasteiger partial charge in [0.15, 0.2) is 0 Å². The van der Waals surface area contributed by atoms with Crippen LogP contribution in [0, 0.1) is 6.92 Å². The van der Waals surface area contributed by atoms with E-state index in [2.05, 4.69) is 22.3 Å². The first-order valence-corrected chi connectivity index (χ1v) is 10.7. The van der Waals surface area contributed by atoms with E-state index in [9.17, 15) is 9.59 Å². The number of carbonyl (C=O) groups is 1. The molecule has 1 aromatic heterocycles. The van der Waals surface area contributed by atoms with Crippen molar-refractivity contribution in [3.05, 3.63) is 63.3 Å². The molecule has 0 atom stereocenters. The van der Waals surface area contributed by atoms with Crippen LogP contribution in [0.25, 0.3) is 0 Å². The van der Waals surface area contributed by atoms with E-state index in [1.165, 1.54) is 24.8 Å². The summed E-state index contributed by atoms with van der Waals surface area (Å²) in [4.78, 5) is 32.6. The maximum absolute atomic E-state index is 13.1. The lowest BCUT2D eigenvalue weighted by molar-refractivity contribution is -0.122. The van der Waals surface area contributed by atoms with Crippen molar-refractivity contribution in [1.29, 1.82) is 0 Å². The Morgan fingerprint density at radius 3 is 2.69 bits per heavy atom. The number of aryl methyl sites for hydroxylation is 1. The van der Waals surface area contributed by atoms with Crippen molar-refractivity contribution in [2.24, 2.45) is 0 Å². The minimum atomic E-state index is -0.0784. The fourth-order valence-electron chi connectivity index (χ4n) is 4.53. The lowest BCUT2D eigenvalue weighted by Gasteiger charge is -2.28. The molecular weight excluding hydrogens is 364 g/mol. The van der Waals surface area contributed by atoms with E-state index in [0.717, 1.165) is 37.2 Å². The van der Waals surface area contributed by atoms with Gasteiger partial charge in [-0.1, -0.05) is 49.6 Å². The predicted octanol–water partition coefficient (Wildman–Crippen LogP) is 2.56. The molecule has 0 saturated heterocycles. The van der Waals surface area contributed by atoms with E-state index in [1.54, 1.807) is 4.57 Å². The average molecular weight is 395 g/mol. The highest BCUT2D eigenvalue weighted by atomic mass is 16.2. The van der Waals surface area contributed by atoms with E-state index in [4.69, 9.17) is 4.98 Å². The Labute approximate surface area is 172 Å². The molecule has 0 unspecified atom stereocenters. The first-order valence-electron chi connectivity index (χ1n) is 10.7. The van der Waals surface area contributed by atoms with E-state index < -0.39 is 0 Å². The molecule has 2 aromatic rings. The van der Waals surface area contributed by atoms with Crippen molar-refractivity contribution in [2.45, 2.75) is 71.1 Å². The third-order valence-corrected chi connectivity index (χ3v) is 6.11. The molecule has 2 heterocycles. The maximum atomic E-state index is 13.1. The van der Waals surface area contributed by atoms with Gasteiger partial charge in [-0.15, -0.1) is 0 Å². The molecule has 1 saturated carbocycles. The molecule has 0 bridgehead atoms. The number of fused-ring (bicyclic) bond motifs is 1. The summed E-state index contributed by atoms with van der Waals surface area (Å²) < 4.78 is 1.55. The van der Waals surface area contributed by atoms with Crippen molar-refractivity contribution >= 4 is 5.91 Å². The van der Waals surface area contributed by atoms with E-state index >= 15 is 0 Å². The third-order valence-electron chi connectivity index (χ3n) is 6.11. The van der Waals surface area contributed by atoms with Gasteiger partial charge in [0.05, 0.1) is 5.69 Å². The second-order valence-electron chi connectivity index (χ2n) is 8.32. The number of nitrogens with one attached hydrogen (secondary N) is 1. The van der Waals surface area contributed by atoms with Crippen LogP contribution < -0.4 is 10.9 Å². The van der Waals surface area contributed by atoms with E-state index in [0.29, 0.717) is 18.8 Å². The summed E-state index contributed by atoms with van der Waals surface area (Å²) >= 11 is 0. The molecule has 1 aliphatic heterocycles. The Hall–Kier alpha value is -2.47. The van der Waals surface area contributed by atoms with Crippen LogP contribution in [-0.2, 0) is 30.8 Å². The lowest BCUT2D eigenvalue weighted by atomic mass is 9.95. The van der Waals surface area contributed by atoms with Gasteiger partial charge in [-0.2, -0.15) is 0 Å². The Kier molecular flexibility index (Phi) is 6.09. The summed E-state index contributed by atoms with van der Waals surface area (Å²) in [5.41, 5.74) is 2.84. The van der Waals surface area contributed by atoms with Gasteiger partial charge in [0.1, 0.15) is 12.4 Å². The van der Waals surface area contributed by atoms with Gasteiger partial charge in [0.25, 0.3) is 5.56 Å². The normalized spacial score (nSPS) is 17.7. The molecule has 1 N–H and O–H groups in total. The Balaban J connectivity index is 1.45. The van der Waals surface area contributed by atoms with Crippen LogP contribution in [-0.4, -0.2) is 32.9 Å². The molecule has 1 amide bonds. The highest BCUT2D eigenvalue weighted by Gasteiger charge is 2.24. The minimum absolute atomic E-state index is 0.0503. The van der Waals surface area contributed by atoms with Gasteiger partial charge in [0, 0.05) is 31.2 Å². The molecule has 29 heavy (non-hydrogen) atoms. The molecule has 0 radical (unpaired) electrons. The quantitative estimate of drug-likeness (QED) is 0.846. The van der Waals surface area contributed by atoms with Crippen LogP contribution >= 0.6 is 0 Å². The number of carbonyl (C=O) groups excluding carboxylic acids is 1. The van der Waals surface area contributed by atoms with Gasteiger partial charge >= 0.3 is 0 Å². The summed E-state index contributed by atoms with van der Waals surface area (Å²) in [5, 5.41) is 3.10. The molecule has 2 aliphatic rings. The van der Waals surface area contributed by atoms with Gasteiger partial charge in [0.2, 0.25) is 5.91 Å². The molecule has 6 heteroatoms. The number of nitrogens with zero attached hydrogens (tertiary/aromatic N) is 3. The number of aromatic nitrogens is 2. The molecule has 1 fully saturated rings. The van der Waals surface area contributed by atoms with Crippen LogP contribution in [0.15, 0.2) is 35.1 Å². The van der Waals surface area contributed by atoms with Crippen molar-refractivity contribution in [2.75, 3.05) is 6.54 Å². The molecule has 6 nitrogen and oxygen atoms in total. The zero-order valence-corrected chi connectivity index (χ0v) is 17.2. The van der Waals surface area contributed by atoms with Gasteiger partial charge in [-0.3, -0.25) is 19.1 Å². The number of hydrogen-bond acceptors (Lipinski definition) is 4. The van der Waals surface area contributed by atoms with Crippen LogP contribution in [0.1, 0.15) is 54.7 Å². The number of amides is 1. The lowest BCUT2D eigenvalue weighted by Crippen LogP contribution is -2.42. The Morgan fingerprint density at radius 1 is 1.17 bits per heavy atom. The molecule has 4 rings (SSSR count). The van der Waals surface area contributed by atoms with E-state index in [1.807, 2.05) is 25.1 Å². The van der Waals surface area contributed by atoms with Crippen LogP contribution in [0.4, 0.5) is 0 Å². The fraction of sp³-hybridized carbons (Fsp3) is 0.522. The predicted molar refractivity (Wildman–Crippen MR) is 113 cm³/mol. The third kappa shape index (κ3) is 4.75. The number of hydrogen-bond donors (Lipinski definition) is 1. The first-order chi connectivity index (χ1) is 14.1. The van der Waals surface area contributed by atoms with Gasteiger partial charge in [-0.25, -0.2) is 4.98 Å². The van der Waals surface area contributed by atoms with Crippen LogP contribution in [0.3, 0.4) is 0 Å². The number of benzene rings is 1. The summed E-state index contributed by atoms with van der Waals surface area (Å²) in [7, 11) is 0. The zero-order chi connectivity index (χ0) is 20.2. The minimum Gasteiger partial charge on any atom is -0.352 e. The van der Waals surface area contributed by atoms with Crippen LogP contribution in [0.2, 0.25) is 0 Å². The molecule has 0 spiro atoms. The van der Waals surface area contributed by atoms with Gasteiger partial charge < -0.3 is 5.32 Å². The number of rotatable bonds is 5. The first kappa shape index (κ1) is 19.8. The van der Waals surface area contributed by atoms with Crippen molar-refractivity contribution in [3.8, 4) is 0 Å². The summed E-state index contributed by atoms with van der Waals surface area (Å²) in [6, 6.07) is 10.6. The Bertz CT molecular complexity index is 916. The highest BCUT2D eigenvalue weighted by molar-refractivity contribution is 5.76. The van der Waals surface area contributed by atoms with Crippen molar-refractivity contribution < 1.29 is 4.79 Å². The van der Waals surface area contributed by atoms with Gasteiger partial charge in [-0.05, 0) is 31.7 Å². The molecule has 1 aromatic carbocycles. The summed E-state index contributed by atoms with van der Waals surface area (Å²) in [6.07, 6.45) is 6.35. The molecular formula is C23H30N4O2. The van der Waals surface area contributed by atoms with E-state index in [-0.39, 0.29) is 24.1 Å². The fourth-order valence-corrected chi connectivity index (χ4v) is 4.53. The zero-order valence-electron chi connectivity index (χ0n) is 17.2. The highest BCUT2D eigenvalue weighted by Crippen LogP contribution is 2.18. The van der Waals surface area contributed by atoms with Crippen molar-refractivity contribution in [1.82, 2.24) is 19.8 Å². The smallest absolute Gasteiger partial charge is 0.257 e. The summed E-state index contributed by atoms with van der Waals surface area (Å²) in [6.45, 7) is 4.25. The molecule has 154 valence electrons. The second-order valence-corrected chi connectivity index (χ2v) is 8.32. The maximum Gasteiger partial charge on any atom is 0.257 e. The topological polar surface area (TPSA) is 67.2 Å². The SMILES string of the molecule is Cc1nc2c(c(=O)n1CC(=O)NC1CCCCC1)CCN(Cc1ccccc1)C2. The second kappa shape index (κ2) is 8.91. The monoisotopic (exact) mass is 394 g/mol. The van der Waals surface area contributed by atoms with Crippen LogP contribution in [0.5, 0.6) is 0 Å². The Morgan fingerprint density at radius 2 is 1.93 bits per heavy atom. The molecule has 1 aliphatic carbocycles. The average Bonchev–Trinajstić information content (AvgIpc) is 2.72. The summed E-state index contributed by atoms with van der Waals surface area (Å²) in [5.74, 6) is 0.541. The largest absolute Gasteiger partial charge is 0.352 e.